The summed E-state index contributed by atoms with van der Waals surface area (Å²) in [5.74, 6) is 2.29. The number of hydrogen-bond donors (Lipinski definition) is 0. The first-order valence-electron chi connectivity index (χ1n) is 11.5. The fourth-order valence-electron chi connectivity index (χ4n) is 5.64. The second-order valence-electron chi connectivity index (χ2n) is 9.40. The first-order valence-corrected chi connectivity index (χ1v) is 11.9. The Morgan fingerprint density at radius 2 is 2.17 bits per heavy atom. The Kier molecular flexibility index (Phi) is 6.44. The van der Waals surface area contributed by atoms with Gasteiger partial charge >= 0.3 is 0 Å². The molecular formula is C26H33ClN2O. The first kappa shape index (κ1) is 21.3. The van der Waals surface area contributed by atoms with E-state index in [0.29, 0.717) is 28.5 Å². The molecule has 1 spiro atoms. The molecule has 30 heavy (non-hydrogen) atoms. The molecule has 1 aromatic rings. The molecule has 2 atom stereocenters. The van der Waals surface area contributed by atoms with Crippen molar-refractivity contribution in [2.45, 2.75) is 58.3 Å². The first-order chi connectivity index (χ1) is 14.5. The average Bonchev–Trinajstić information content (AvgIpc) is 3.27. The highest BCUT2D eigenvalue weighted by Gasteiger charge is 2.58. The number of likely N-dealkylation sites (tertiary alicyclic amines) is 1. The lowest BCUT2D eigenvalue weighted by Crippen LogP contribution is -2.22. The predicted molar refractivity (Wildman–Crippen MR) is 123 cm³/mol. The Hall–Kier alpha value is -1.92. The Labute approximate surface area is 186 Å². The van der Waals surface area contributed by atoms with Gasteiger partial charge in [-0.15, -0.1) is 0 Å². The highest BCUT2D eigenvalue weighted by molar-refractivity contribution is 6.31. The third-order valence-electron chi connectivity index (χ3n) is 7.40. The van der Waals surface area contributed by atoms with Gasteiger partial charge in [-0.2, -0.15) is 5.26 Å². The normalized spacial score (nSPS) is 26.6. The van der Waals surface area contributed by atoms with E-state index in [9.17, 15) is 5.26 Å². The van der Waals surface area contributed by atoms with Crippen LogP contribution in [0.5, 0.6) is 0 Å². The third-order valence-corrected chi connectivity index (χ3v) is 7.71. The minimum absolute atomic E-state index is 0.386. The number of rotatable bonds is 7. The average molecular weight is 425 g/mol. The van der Waals surface area contributed by atoms with Crippen molar-refractivity contribution < 1.29 is 4.74 Å². The smallest absolute Gasteiger partial charge is 0.181 e. The molecule has 0 amide bonds. The number of nitrogens with zero attached hydrogens (tertiary/aromatic N) is 2. The third kappa shape index (κ3) is 4.54. The molecule has 0 bridgehead atoms. The molecule has 0 unspecified atom stereocenters. The fourth-order valence-corrected chi connectivity index (χ4v) is 5.87. The fraction of sp³-hybridized carbons (Fsp3) is 0.577. The molecule has 160 valence electrons. The van der Waals surface area contributed by atoms with E-state index >= 15 is 0 Å². The van der Waals surface area contributed by atoms with E-state index in [1.807, 2.05) is 25.1 Å². The van der Waals surface area contributed by atoms with E-state index in [0.717, 1.165) is 30.5 Å². The summed E-state index contributed by atoms with van der Waals surface area (Å²) < 4.78 is 5.67. The molecule has 0 aromatic heterocycles. The van der Waals surface area contributed by atoms with Crippen molar-refractivity contribution in [2.24, 2.45) is 17.3 Å². The van der Waals surface area contributed by atoms with Gasteiger partial charge in [-0.25, -0.2) is 0 Å². The summed E-state index contributed by atoms with van der Waals surface area (Å²) in [6, 6.07) is 8.00. The maximum absolute atomic E-state index is 9.18. The van der Waals surface area contributed by atoms with Crippen molar-refractivity contribution in [3.63, 3.8) is 0 Å². The van der Waals surface area contributed by atoms with Crippen LogP contribution in [0.1, 0.15) is 69.4 Å². The molecule has 0 radical (unpaired) electrons. The van der Waals surface area contributed by atoms with Gasteiger partial charge in [-0.1, -0.05) is 61.4 Å². The summed E-state index contributed by atoms with van der Waals surface area (Å²) in [5.41, 5.74) is 3.65. The molecule has 3 aliphatic rings. The number of allylic oxidation sites excluding steroid dienone is 1. The van der Waals surface area contributed by atoms with E-state index < -0.39 is 0 Å². The summed E-state index contributed by atoms with van der Waals surface area (Å²) in [4.78, 5) is 2.33. The minimum atomic E-state index is 0.386. The largest absolute Gasteiger partial charge is 0.480 e. The molecule has 2 saturated carbocycles. The van der Waals surface area contributed by atoms with Gasteiger partial charge in [-0.05, 0) is 67.7 Å². The van der Waals surface area contributed by atoms with Crippen molar-refractivity contribution in [1.82, 2.24) is 4.90 Å². The van der Waals surface area contributed by atoms with Crippen LogP contribution in [0.15, 0.2) is 36.2 Å². The highest BCUT2D eigenvalue weighted by Crippen LogP contribution is 2.63. The monoisotopic (exact) mass is 424 g/mol. The quantitative estimate of drug-likeness (QED) is 0.452. The molecule has 4 rings (SSSR count). The minimum Gasteiger partial charge on any atom is -0.480 e. The van der Waals surface area contributed by atoms with Gasteiger partial charge in [0, 0.05) is 13.1 Å². The van der Waals surface area contributed by atoms with Gasteiger partial charge in [0.05, 0.1) is 17.2 Å². The van der Waals surface area contributed by atoms with Crippen LogP contribution in [0.2, 0.25) is 5.02 Å². The topological polar surface area (TPSA) is 36.3 Å². The number of nitriles is 1. The zero-order valence-electron chi connectivity index (χ0n) is 18.1. The molecule has 0 N–H and O–H groups in total. The molecule has 1 aliphatic heterocycles. The summed E-state index contributed by atoms with van der Waals surface area (Å²) in [7, 11) is 0. The Bertz CT molecular complexity index is 864. The van der Waals surface area contributed by atoms with Crippen molar-refractivity contribution in [1.29, 1.82) is 5.26 Å². The van der Waals surface area contributed by atoms with Crippen LogP contribution < -0.4 is 0 Å². The maximum Gasteiger partial charge on any atom is 0.181 e. The van der Waals surface area contributed by atoms with E-state index in [-0.39, 0.29) is 0 Å². The maximum atomic E-state index is 9.18. The van der Waals surface area contributed by atoms with Crippen molar-refractivity contribution in [2.75, 3.05) is 19.7 Å². The van der Waals surface area contributed by atoms with Crippen LogP contribution in [-0.4, -0.2) is 24.6 Å². The molecule has 4 heteroatoms. The van der Waals surface area contributed by atoms with Crippen molar-refractivity contribution in [3.05, 3.63) is 52.4 Å². The molecule has 1 saturated heterocycles. The van der Waals surface area contributed by atoms with Crippen molar-refractivity contribution >= 4 is 17.7 Å². The van der Waals surface area contributed by atoms with Gasteiger partial charge in [0.2, 0.25) is 0 Å². The molecule has 1 aromatic carbocycles. The summed E-state index contributed by atoms with van der Waals surface area (Å²) in [6.07, 6.45) is 12.9. The van der Waals surface area contributed by atoms with Crippen LogP contribution in [0.4, 0.5) is 0 Å². The summed E-state index contributed by atoms with van der Waals surface area (Å²) in [6.45, 7) is 8.93. The molecule has 1 heterocycles. The SMILES string of the molecule is C=C(OCC)N1CC[C@]2(C[C@H]2/C(=C/c2ccc(C#N)c(Cl)c2)CC2CCCCC2)C1. The molecule has 3 fully saturated rings. The summed E-state index contributed by atoms with van der Waals surface area (Å²) in [5, 5.41) is 9.73. The standard InChI is InChI=1S/C26H33ClN2O/c1-3-30-19(2)29-12-11-26(18-29)16-24(26)23(13-20-7-5-4-6-8-20)14-21-9-10-22(17-28)25(27)15-21/h9-10,14-15,20,24H,2-8,11-13,16,18H2,1H3/b23-14+/t24-,26-/m0/s1. The number of halogens is 1. The highest BCUT2D eigenvalue weighted by atomic mass is 35.5. The summed E-state index contributed by atoms with van der Waals surface area (Å²) >= 11 is 6.32. The van der Waals surface area contributed by atoms with Gasteiger partial charge in [0.25, 0.3) is 0 Å². The Morgan fingerprint density at radius 1 is 1.37 bits per heavy atom. The van der Waals surface area contributed by atoms with Gasteiger partial charge in [0.1, 0.15) is 6.07 Å². The lowest BCUT2D eigenvalue weighted by molar-refractivity contribution is 0.134. The second kappa shape index (κ2) is 9.06. The Morgan fingerprint density at radius 3 is 2.87 bits per heavy atom. The lowest BCUT2D eigenvalue weighted by atomic mass is 9.82. The molecule has 3 nitrogen and oxygen atoms in total. The lowest BCUT2D eigenvalue weighted by Gasteiger charge is -2.24. The van der Waals surface area contributed by atoms with Crippen LogP contribution >= 0.6 is 11.6 Å². The van der Waals surface area contributed by atoms with E-state index in [2.05, 4.69) is 23.6 Å². The van der Waals surface area contributed by atoms with Crippen molar-refractivity contribution in [3.8, 4) is 6.07 Å². The van der Waals surface area contributed by atoms with Crippen LogP contribution in [0, 0.1) is 28.6 Å². The van der Waals surface area contributed by atoms with Crippen LogP contribution in [0.25, 0.3) is 6.08 Å². The van der Waals surface area contributed by atoms with Gasteiger partial charge in [0.15, 0.2) is 5.88 Å². The number of hydrogen-bond acceptors (Lipinski definition) is 3. The number of ether oxygens (including phenoxy) is 1. The van der Waals surface area contributed by atoms with Gasteiger partial charge < -0.3 is 9.64 Å². The Balaban J connectivity index is 1.54. The zero-order chi connectivity index (χ0) is 21.1. The molecule has 2 aliphatic carbocycles. The predicted octanol–water partition coefficient (Wildman–Crippen LogP) is 6.79. The van der Waals surface area contributed by atoms with Crippen LogP contribution in [0.3, 0.4) is 0 Å². The van der Waals surface area contributed by atoms with E-state index in [1.165, 1.54) is 51.4 Å². The van der Waals surface area contributed by atoms with E-state index in [1.54, 1.807) is 5.57 Å². The van der Waals surface area contributed by atoms with Crippen LogP contribution in [-0.2, 0) is 4.74 Å². The number of benzene rings is 1. The zero-order valence-corrected chi connectivity index (χ0v) is 18.9. The van der Waals surface area contributed by atoms with Gasteiger partial charge in [-0.3, -0.25) is 0 Å². The van der Waals surface area contributed by atoms with E-state index in [4.69, 9.17) is 16.3 Å². The molecular weight excluding hydrogens is 392 g/mol. The second-order valence-corrected chi connectivity index (χ2v) is 9.80.